The molecule has 126 valence electrons. The summed E-state index contributed by atoms with van der Waals surface area (Å²) in [4.78, 5) is 0. The standard InChI is InChI=1S/C20H18ClN3O/c1-14(25-20-8-4-6-15-5-2-3-7-18(15)20)19-13-24(23-22-19)17-11-9-16(21)10-12-17/h2-11,13-14,17H,12H2,1H3. The summed E-state index contributed by atoms with van der Waals surface area (Å²) in [6.45, 7) is 1.99. The lowest BCUT2D eigenvalue weighted by Crippen LogP contribution is -2.08. The summed E-state index contributed by atoms with van der Waals surface area (Å²) in [5.41, 5.74) is 0.807. The molecular weight excluding hydrogens is 334 g/mol. The molecule has 2 unspecified atom stereocenters. The molecule has 0 spiro atoms. The van der Waals surface area contributed by atoms with Gasteiger partial charge in [-0.2, -0.15) is 0 Å². The summed E-state index contributed by atoms with van der Waals surface area (Å²) in [5, 5.41) is 11.6. The van der Waals surface area contributed by atoms with E-state index in [0.717, 1.165) is 33.7 Å². The van der Waals surface area contributed by atoms with Gasteiger partial charge in [0.25, 0.3) is 0 Å². The molecule has 4 rings (SSSR count). The zero-order valence-electron chi connectivity index (χ0n) is 13.8. The van der Waals surface area contributed by atoms with E-state index in [1.54, 1.807) is 0 Å². The molecule has 0 N–H and O–H groups in total. The molecule has 3 aromatic rings. The Morgan fingerprint density at radius 3 is 2.88 bits per heavy atom. The molecule has 0 aliphatic heterocycles. The monoisotopic (exact) mass is 351 g/mol. The fourth-order valence-corrected chi connectivity index (χ4v) is 3.13. The molecule has 2 aromatic carbocycles. The van der Waals surface area contributed by atoms with Gasteiger partial charge >= 0.3 is 0 Å². The van der Waals surface area contributed by atoms with Gasteiger partial charge in [-0.05, 0) is 30.9 Å². The minimum Gasteiger partial charge on any atom is -0.484 e. The lowest BCUT2D eigenvalue weighted by molar-refractivity contribution is 0.224. The first-order valence-corrected chi connectivity index (χ1v) is 8.68. The van der Waals surface area contributed by atoms with Gasteiger partial charge in [0.2, 0.25) is 0 Å². The number of hydrogen-bond acceptors (Lipinski definition) is 3. The van der Waals surface area contributed by atoms with Crippen LogP contribution in [-0.2, 0) is 0 Å². The number of fused-ring (bicyclic) bond motifs is 1. The molecule has 1 aromatic heterocycles. The fourth-order valence-electron chi connectivity index (χ4n) is 2.97. The van der Waals surface area contributed by atoms with E-state index in [1.807, 2.05) is 60.3 Å². The van der Waals surface area contributed by atoms with Crippen LogP contribution in [0.3, 0.4) is 0 Å². The van der Waals surface area contributed by atoms with Crippen molar-refractivity contribution in [2.75, 3.05) is 0 Å². The van der Waals surface area contributed by atoms with Crippen LogP contribution in [0.2, 0.25) is 0 Å². The van der Waals surface area contributed by atoms with Crippen molar-refractivity contribution in [3.63, 3.8) is 0 Å². The Bertz CT molecular complexity index is 955. The summed E-state index contributed by atoms with van der Waals surface area (Å²) in [7, 11) is 0. The minimum atomic E-state index is -0.189. The molecule has 0 amide bonds. The SMILES string of the molecule is CC(Oc1cccc2ccccc12)c1cn(C2C=CC(Cl)=CC2)nn1. The Morgan fingerprint density at radius 1 is 1.20 bits per heavy atom. The Labute approximate surface area is 151 Å². The van der Waals surface area contributed by atoms with Crippen LogP contribution < -0.4 is 4.74 Å². The molecule has 0 fully saturated rings. The van der Waals surface area contributed by atoms with Crippen LogP contribution in [0.25, 0.3) is 10.8 Å². The number of rotatable bonds is 4. The molecule has 2 atom stereocenters. The van der Waals surface area contributed by atoms with Gasteiger partial charge in [0.15, 0.2) is 0 Å². The second-order valence-electron chi connectivity index (χ2n) is 6.11. The van der Waals surface area contributed by atoms with Crippen LogP contribution in [0.15, 0.2) is 71.9 Å². The predicted octanol–water partition coefficient (Wildman–Crippen LogP) is 5.20. The zero-order chi connectivity index (χ0) is 17.2. The molecule has 0 saturated heterocycles. The van der Waals surface area contributed by atoms with E-state index in [0.29, 0.717) is 0 Å². The third kappa shape index (κ3) is 3.30. The molecule has 4 nitrogen and oxygen atoms in total. The summed E-state index contributed by atoms with van der Waals surface area (Å²) < 4.78 is 8.02. The first-order valence-electron chi connectivity index (χ1n) is 8.31. The topological polar surface area (TPSA) is 39.9 Å². The van der Waals surface area contributed by atoms with Crippen molar-refractivity contribution in [2.24, 2.45) is 0 Å². The van der Waals surface area contributed by atoms with Crippen molar-refractivity contribution in [1.29, 1.82) is 0 Å². The second-order valence-corrected chi connectivity index (χ2v) is 6.55. The Balaban J connectivity index is 1.54. The van der Waals surface area contributed by atoms with E-state index in [4.69, 9.17) is 16.3 Å². The van der Waals surface area contributed by atoms with E-state index < -0.39 is 0 Å². The van der Waals surface area contributed by atoms with E-state index in [2.05, 4.69) is 28.5 Å². The minimum absolute atomic E-state index is 0.147. The zero-order valence-corrected chi connectivity index (χ0v) is 14.6. The largest absolute Gasteiger partial charge is 0.484 e. The summed E-state index contributed by atoms with van der Waals surface area (Å²) >= 11 is 5.97. The predicted molar refractivity (Wildman–Crippen MR) is 99.7 cm³/mol. The van der Waals surface area contributed by atoms with Crippen LogP contribution in [-0.4, -0.2) is 15.0 Å². The second kappa shape index (κ2) is 6.73. The third-order valence-corrected chi connectivity index (χ3v) is 4.65. The number of nitrogens with zero attached hydrogens (tertiary/aromatic N) is 3. The van der Waals surface area contributed by atoms with Crippen LogP contribution in [0.5, 0.6) is 5.75 Å². The number of ether oxygens (including phenoxy) is 1. The first-order chi connectivity index (χ1) is 12.2. The van der Waals surface area contributed by atoms with Gasteiger partial charge in [0.05, 0.1) is 12.2 Å². The van der Waals surface area contributed by atoms with Gasteiger partial charge < -0.3 is 4.74 Å². The van der Waals surface area contributed by atoms with Crippen molar-refractivity contribution in [3.8, 4) is 5.75 Å². The van der Waals surface area contributed by atoms with Crippen molar-refractivity contribution >= 4 is 22.4 Å². The maximum atomic E-state index is 6.16. The number of aromatic nitrogens is 3. The highest BCUT2D eigenvalue weighted by Gasteiger charge is 2.17. The van der Waals surface area contributed by atoms with Gasteiger partial charge in [0, 0.05) is 10.4 Å². The van der Waals surface area contributed by atoms with Crippen LogP contribution in [0.1, 0.15) is 31.2 Å². The normalized spacial score (nSPS) is 18.2. The van der Waals surface area contributed by atoms with E-state index in [-0.39, 0.29) is 12.1 Å². The van der Waals surface area contributed by atoms with Gasteiger partial charge in [-0.15, -0.1) is 5.10 Å². The average Bonchev–Trinajstić information content (AvgIpc) is 3.13. The highest BCUT2D eigenvalue weighted by Crippen LogP contribution is 2.29. The van der Waals surface area contributed by atoms with E-state index in [1.165, 1.54) is 0 Å². The number of benzene rings is 2. The maximum absolute atomic E-state index is 6.16. The Hall–Kier alpha value is -2.59. The summed E-state index contributed by atoms with van der Waals surface area (Å²) in [6, 6.07) is 14.4. The van der Waals surface area contributed by atoms with Gasteiger partial charge in [-0.3, -0.25) is 0 Å². The molecule has 0 bridgehead atoms. The summed E-state index contributed by atoms with van der Waals surface area (Å²) in [5.74, 6) is 0.854. The van der Waals surface area contributed by atoms with Gasteiger partial charge in [-0.25, -0.2) is 4.68 Å². The summed E-state index contributed by atoms with van der Waals surface area (Å²) in [6.07, 6.45) is 8.49. The Kier molecular flexibility index (Phi) is 4.28. The van der Waals surface area contributed by atoms with Crippen LogP contribution in [0.4, 0.5) is 0 Å². The van der Waals surface area contributed by atoms with E-state index >= 15 is 0 Å². The quantitative estimate of drug-likeness (QED) is 0.649. The molecule has 5 heteroatoms. The Morgan fingerprint density at radius 2 is 2.04 bits per heavy atom. The lowest BCUT2D eigenvalue weighted by Gasteiger charge is -2.15. The molecule has 1 aliphatic rings. The van der Waals surface area contributed by atoms with Crippen LogP contribution in [0, 0.1) is 0 Å². The average molecular weight is 352 g/mol. The van der Waals surface area contributed by atoms with Crippen molar-refractivity contribution < 1.29 is 4.74 Å². The van der Waals surface area contributed by atoms with E-state index in [9.17, 15) is 0 Å². The van der Waals surface area contributed by atoms with Crippen molar-refractivity contribution in [3.05, 3.63) is 77.6 Å². The van der Waals surface area contributed by atoms with Gasteiger partial charge in [-0.1, -0.05) is 65.4 Å². The molecular formula is C20H18ClN3O. The molecule has 25 heavy (non-hydrogen) atoms. The van der Waals surface area contributed by atoms with Crippen molar-refractivity contribution in [1.82, 2.24) is 15.0 Å². The maximum Gasteiger partial charge on any atom is 0.141 e. The highest BCUT2D eigenvalue weighted by molar-refractivity contribution is 6.31. The lowest BCUT2D eigenvalue weighted by atomic mass is 10.1. The first kappa shape index (κ1) is 15.9. The molecule has 1 heterocycles. The van der Waals surface area contributed by atoms with Gasteiger partial charge in [0.1, 0.15) is 17.5 Å². The van der Waals surface area contributed by atoms with Crippen LogP contribution >= 0.6 is 11.6 Å². The third-order valence-electron chi connectivity index (χ3n) is 4.37. The number of allylic oxidation sites excluding steroid dienone is 4. The van der Waals surface area contributed by atoms with Crippen molar-refractivity contribution in [2.45, 2.75) is 25.5 Å². The highest BCUT2D eigenvalue weighted by atomic mass is 35.5. The number of halogens is 1. The number of hydrogen-bond donors (Lipinski definition) is 0. The smallest absolute Gasteiger partial charge is 0.141 e. The molecule has 1 aliphatic carbocycles. The molecule has 0 saturated carbocycles. The fraction of sp³-hybridized carbons (Fsp3) is 0.200. The molecule has 0 radical (unpaired) electrons.